The normalized spacial score (nSPS) is 20.8. The third-order valence-corrected chi connectivity index (χ3v) is 6.93. The summed E-state index contributed by atoms with van der Waals surface area (Å²) in [7, 11) is -2.11. The van der Waals surface area contributed by atoms with Gasteiger partial charge >= 0.3 is 5.97 Å². The molecule has 1 N–H and O–H groups in total. The second-order valence-electron chi connectivity index (χ2n) is 5.06. The fourth-order valence-corrected chi connectivity index (χ4v) is 4.95. The van der Waals surface area contributed by atoms with Crippen LogP contribution >= 0.6 is 27.3 Å². The van der Waals surface area contributed by atoms with E-state index in [0.29, 0.717) is 19.4 Å². The summed E-state index contributed by atoms with van der Waals surface area (Å²) in [6, 6.07) is 1.88. The molecule has 0 spiro atoms. The van der Waals surface area contributed by atoms with Crippen LogP contribution in [0.3, 0.4) is 0 Å². The number of hydrogen-bond donors (Lipinski definition) is 1. The molecule has 1 saturated heterocycles. The minimum atomic E-state index is -3.62. The molecule has 0 amide bonds. The second-order valence-corrected chi connectivity index (χ2v) is 9.38. The first-order valence-corrected chi connectivity index (χ1v) is 9.55. The molecule has 0 radical (unpaired) electrons. The Hall–Kier alpha value is -0.480. The number of aliphatic carboxylic acids is 1. The first-order chi connectivity index (χ1) is 9.80. The van der Waals surface area contributed by atoms with Gasteiger partial charge in [-0.25, -0.2) is 0 Å². The molecule has 2 rings (SSSR count). The fraction of sp³-hybridized carbons (Fsp3) is 0.583. The minimum Gasteiger partial charge on any atom is -0.481 e. The van der Waals surface area contributed by atoms with Gasteiger partial charge in [0.25, 0.3) is 10.2 Å². The summed E-state index contributed by atoms with van der Waals surface area (Å²) in [4.78, 5) is 11.1. The molecule has 0 saturated carbocycles. The predicted molar refractivity (Wildman–Crippen MR) is 84.3 cm³/mol. The zero-order valence-corrected chi connectivity index (χ0v) is 14.7. The molecule has 6 nitrogen and oxygen atoms in total. The van der Waals surface area contributed by atoms with Gasteiger partial charge in [0.2, 0.25) is 0 Å². The predicted octanol–water partition coefficient (Wildman–Crippen LogP) is 1.98. The van der Waals surface area contributed by atoms with Gasteiger partial charge in [0.05, 0.1) is 9.70 Å². The van der Waals surface area contributed by atoms with E-state index in [1.807, 2.05) is 11.4 Å². The van der Waals surface area contributed by atoms with Crippen LogP contribution in [0.15, 0.2) is 15.2 Å². The highest BCUT2D eigenvalue weighted by molar-refractivity contribution is 9.11. The quantitative estimate of drug-likeness (QED) is 0.824. The van der Waals surface area contributed by atoms with Gasteiger partial charge in [-0.2, -0.15) is 17.0 Å². The Morgan fingerprint density at radius 3 is 2.90 bits per heavy atom. The zero-order chi connectivity index (χ0) is 15.6. The number of hydrogen-bond acceptors (Lipinski definition) is 4. The molecule has 1 fully saturated rings. The largest absolute Gasteiger partial charge is 0.481 e. The summed E-state index contributed by atoms with van der Waals surface area (Å²) in [6.07, 6.45) is 1.11. The molecular weight excluding hydrogens is 380 g/mol. The Kier molecular flexibility index (Phi) is 5.42. The van der Waals surface area contributed by atoms with Crippen LogP contribution in [0.25, 0.3) is 0 Å². The fourth-order valence-electron chi connectivity index (χ4n) is 2.32. The molecule has 1 aliphatic heterocycles. The molecule has 1 aromatic rings. The molecule has 1 aromatic heterocycles. The third kappa shape index (κ3) is 4.04. The number of rotatable bonds is 5. The lowest BCUT2D eigenvalue weighted by molar-refractivity contribution is -0.142. The maximum atomic E-state index is 12.5. The van der Waals surface area contributed by atoms with E-state index in [4.69, 9.17) is 5.11 Å². The maximum Gasteiger partial charge on any atom is 0.307 e. The number of nitrogens with zero attached hydrogens (tertiary/aromatic N) is 2. The number of piperidine rings is 1. The SMILES string of the molecule is CN(Cc1csc(Br)c1)S(=O)(=O)N1CCCC(C(=O)O)C1. The molecule has 1 unspecified atom stereocenters. The van der Waals surface area contributed by atoms with Crippen molar-refractivity contribution in [2.75, 3.05) is 20.1 Å². The van der Waals surface area contributed by atoms with Crippen molar-refractivity contribution in [3.8, 4) is 0 Å². The number of thiophene rings is 1. The number of halogens is 1. The average Bonchev–Trinajstić information content (AvgIpc) is 2.84. The van der Waals surface area contributed by atoms with E-state index < -0.39 is 22.1 Å². The van der Waals surface area contributed by atoms with Crippen LogP contribution < -0.4 is 0 Å². The van der Waals surface area contributed by atoms with E-state index in [9.17, 15) is 13.2 Å². The molecule has 0 bridgehead atoms. The van der Waals surface area contributed by atoms with Crippen LogP contribution in [0.4, 0.5) is 0 Å². The molecule has 1 atom stereocenters. The standard InChI is InChI=1S/C12H17BrN2O4S2/c1-14(6-9-5-11(13)20-8-9)21(18,19)15-4-2-3-10(7-15)12(16)17/h5,8,10H,2-4,6-7H2,1H3,(H,16,17). The van der Waals surface area contributed by atoms with E-state index in [1.165, 1.54) is 27.0 Å². The molecule has 0 aromatic carbocycles. The Labute approximate surface area is 136 Å². The van der Waals surface area contributed by atoms with Gasteiger partial charge in [0.1, 0.15) is 0 Å². The van der Waals surface area contributed by atoms with Gasteiger partial charge in [0, 0.05) is 26.7 Å². The maximum absolute atomic E-state index is 12.5. The van der Waals surface area contributed by atoms with Gasteiger partial charge in [-0.15, -0.1) is 11.3 Å². The Balaban J connectivity index is 2.07. The monoisotopic (exact) mass is 396 g/mol. The van der Waals surface area contributed by atoms with Crippen LogP contribution in [-0.4, -0.2) is 48.2 Å². The van der Waals surface area contributed by atoms with Crippen molar-refractivity contribution in [1.82, 2.24) is 8.61 Å². The molecule has 0 aliphatic carbocycles. The lowest BCUT2D eigenvalue weighted by Crippen LogP contribution is -2.47. The average molecular weight is 397 g/mol. The minimum absolute atomic E-state index is 0.0509. The van der Waals surface area contributed by atoms with Crippen molar-refractivity contribution in [3.05, 3.63) is 20.8 Å². The first kappa shape index (κ1) is 16.9. The highest BCUT2D eigenvalue weighted by atomic mass is 79.9. The first-order valence-electron chi connectivity index (χ1n) is 6.48. The van der Waals surface area contributed by atoms with Gasteiger partial charge < -0.3 is 5.11 Å². The molecule has 118 valence electrons. The van der Waals surface area contributed by atoms with Crippen molar-refractivity contribution in [2.24, 2.45) is 5.92 Å². The second kappa shape index (κ2) is 6.74. The van der Waals surface area contributed by atoms with Crippen LogP contribution in [0.2, 0.25) is 0 Å². The van der Waals surface area contributed by atoms with E-state index >= 15 is 0 Å². The van der Waals surface area contributed by atoms with Gasteiger partial charge in [-0.1, -0.05) is 0 Å². The highest BCUT2D eigenvalue weighted by Crippen LogP contribution is 2.24. The number of carboxylic acid groups (broad SMARTS) is 1. The van der Waals surface area contributed by atoms with Crippen LogP contribution in [-0.2, 0) is 21.5 Å². The Bertz CT molecular complexity index is 617. The Morgan fingerprint density at radius 1 is 1.62 bits per heavy atom. The third-order valence-electron chi connectivity index (χ3n) is 3.48. The molecule has 2 heterocycles. The van der Waals surface area contributed by atoms with Crippen molar-refractivity contribution in [1.29, 1.82) is 0 Å². The summed E-state index contributed by atoms with van der Waals surface area (Å²) < 4.78 is 28.5. The van der Waals surface area contributed by atoms with E-state index in [0.717, 1.165) is 9.35 Å². The van der Waals surface area contributed by atoms with Crippen molar-refractivity contribution >= 4 is 43.4 Å². The van der Waals surface area contributed by atoms with Crippen LogP contribution in [0, 0.1) is 5.92 Å². The highest BCUT2D eigenvalue weighted by Gasteiger charge is 2.34. The van der Waals surface area contributed by atoms with Crippen LogP contribution in [0.5, 0.6) is 0 Å². The summed E-state index contributed by atoms with van der Waals surface area (Å²) >= 11 is 4.85. The molecule has 21 heavy (non-hydrogen) atoms. The molecule has 1 aliphatic rings. The zero-order valence-electron chi connectivity index (χ0n) is 11.5. The van der Waals surface area contributed by atoms with E-state index in [1.54, 1.807) is 0 Å². The van der Waals surface area contributed by atoms with Gasteiger partial charge in [-0.3, -0.25) is 4.79 Å². The van der Waals surface area contributed by atoms with E-state index in [2.05, 4.69) is 15.9 Å². The Morgan fingerprint density at radius 2 is 2.33 bits per heavy atom. The van der Waals surface area contributed by atoms with Crippen molar-refractivity contribution in [3.63, 3.8) is 0 Å². The summed E-state index contributed by atoms with van der Waals surface area (Å²) in [5, 5.41) is 11.0. The molecule has 9 heteroatoms. The lowest BCUT2D eigenvalue weighted by Gasteiger charge is -2.32. The summed E-state index contributed by atoms with van der Waals surface area (Å²) in [6.45, 7) is 0.706. The molecular formula is C12H17BrN2O4S2. The summed E-state index contributed by atoms with van der Waals surface area (Å²) in [5.74, 6) is -1.54. The van der Waals surface area contributed by atoms with E-state index in [-0.39, 0.29) is 13.1 Å². The lowest BCUT2D eigenvalue weighted by atomic mass is 10.0. The smallest absolute Gasteiger partial charge is 0.307 e. The number of carbonyl (C=O) groups is 1. The van der Waals surface area contributed by atoms with Gasteiger partial charge in [0.15, 0.2) is 0 Å². The van der Waals surface area contributed by atoms with Crippen LogP contribution in [0.1, 0.15) is 18.4 Å². The summed E-state index contributed by atoms with van der Waals surface area (Å²) in [5.41, 5.74) is 0.907. The van der Waals surface area contributed by atoms with Crippen molar-refractivity contribution < 1.29 is 18.3 Å². The van der Waals surface area contributed by atoms with Crippen molar-refractivity contribution in [2.45, 2.75) is 19.4 Å². The topological polar surface area (TPSA) is 77.9 Å². The van der Waals surface area contributed by atoms with Gasteiger partial charge in [-0.05, 0) is 45.8 Å². The number of carboxylic acids is 1.